The molecule has 5 rings (SSSR count). The van der Waals surface area contributed by atoms with Crippen LogP contribution < -0.4 is 0 Å². The van der Waals surface area contributed by atoms with Crippen molar-refractivity contribution in [2.75, 3.05) is 0 Å². The van der Waals surface area contributed by atoms with Crippen molar-refractivity contribution in [3.8, 4) is 0 Å². The smallest absolute Gasteiger partial charge is 0.310 e. The summed E-state index contributed by atoms with van der Waals surface area (Å²) in [4.78, 5) is 52.3. The lowest BCUT2D eigenvalue weighted by Crippen LogP contribution is -2.58. The fourth-order valence-corrected chi connectivity index (χ4v) is 11.3. The molecule has 0 bridgehead atoms. The number of esters is 1. The van der Waals surface area contributed by atoms with Crippen LogP contribution in [0.5, 0.6) is 0 Å². The molecule has 5 fully saturated rings. The standard InChI is InChI=1S/C39H60O6/c1-24-13-14-30-36(4,5)31(45-34(44)26-12-10-9-11-25(26)33(42)43)15-16-39(30,8)32(24)29(41)21-27-28-22-37(6,23-40)18-20-38(28,7)19-17-35(27,2)3/h21,23-26,28,30-32H,9-20,22H2,1-8H3,(H,42,43)/b27-21-/t24-,25-,26+,28-,30?,31-,32?,37-,38-,39-/m0/s1. The van der Waals surface area contributed by atoms with Crippen LogP contribution in [0.15, 0.2) is 11.6 Å². The predicted molar refractivity (Wildman–Crippen MR) is 175 cm³/mol. The van der Waals surface area contributed by atoms with Crippen molar-refractivity contribution in [1.29, 1.82) is 0 Å². The average Bonchev–Trinajstić information content (AvgIpc) is 2.97. The second-order valence-corrected chi connectivity index (χ2v) is 18.3. The minimum absolute atomic E-state index is 0.0861. The molecule has 1 N–H and O–H groups in total. The SMILES string of the molecule is C[C@H]1CCC2C(C)(C)[C@@H](OC(=O)[C@@H]3CCCC[C@@H]3C(=O)O)CC[C@]2(C)C1C(=O)/C=C1/[C@@H]2C[C@@](C)(C=O)CC[C@]2(C)CCC1(C)C. The van der Waals surface area contributed by atoms with E-state index in [2.05, 4.69) is 61.5 Å². The normalized spacial score (nSPS) is 45.1. The first kappa shape index (κ1) is 34.4. The Kier molecular flexibility index (Phi) is 9.10. The number of aldehydes is 1. The quantitative estimate of drug-likeness (QED) is 0.181. The van der Waals surface area contributed by atoms with Gasteiger partial charge in [0, 0.05) is 16.7 Å². The van der Waals surface area contributed by atoms with Gasteiger partial charge in [0.15, 0.2) is 5.78 Å². The molecule has 10 atom stereocenters. The number of carbonyl (C=O) groups excluding carboxylic acids is 3. The Morgan fingerprint density at radius 3 is 2.11 bits per heavy atom. The fourth-order valence-electron chi connectivity index (χ4n) is 11.3. The van der Waals surface area contributed by atoms with Crippen LogP contribution >= 0.6 is 0 Å². The van der Waals surface area contributed by atoms with Crippen molar-refractivity contribution in [3.63, 3.8) is 0 Å². The molecule has 0 saturated heterocycles. The van der Waals surface area contributed by atoms with Gasteiger partial charge in [0.25, 0.3) is 0 Å². The van der Waals surface area contributed by atoms with Crippen LogP contribution in [0.1, 0.15) is 139 Å². The number of carbonyl (C=O) groups is 4. The first-order valence-electron chi connectivity index (χ1n) is 18.0. The minimum atomic E-state index is -0.894. The molecule has 0 aromatic rings. The van der Waals surface area contributed by atoms with E-state index in [-0.39, 0.29) is 68.6 Å². The Morgan fingerprint density at radius 1 is 0.822 bits per heavy atom. The van der Waals surface area contributed by atoms with Crippen molar-refractivity contribution >= 4 is 24.0 Å². The number of ketones is 1. The zero-order valence-corrected chi connectivity index (χ0v) is 29.4. The van der Waals surface area contributed by atoms with Crippen LogP contribution in [0.3, 0.4) is 0 Å². The van der Waals surface area contributed by atoms with E-state index in [9.17, 15) is 24.3 Å². The molecule has 6 nitrogen and oxygen atoms in total. The van der Waals surface area contributed by atoms with Gasteiger partial charge in [-0.25, -0.2) is 0 Å². The van der Waals surface area contributed by atoms with E-state index in [0.717, 1.165) is 70.5 Å². The van der Waals surface area contributed by atoms with Crippen LogP contribution in [0.4, 0.5) is 0 Å². The minimum Gasteiger partial charge on any atom is -0.481 e. The Labute approximate surface area is 271 Å². The zero-order chi connectivity index (χ0) is 33.2. The number of allylic oxidation sites excluding steroid dienone is 2. The second kappa shape index (κ2) is 11.9. The van der Waals surface area contributed by atoms with Gasteiger partial charge >= 0.3 is 11.9 Å². The second-order valence-electron chi connectivity index (χ2n) is 18.3. The number of hydrogen-bond donors (Lipinski definition) is 1. The molecule has 0 aromatic heterocycles. The number of carboxylic acid groups (broad SMARTS) is 1. The van der Waals surface area contributed by atoms with Gasteiger partial charge in [-0.05, 0) is 111 Å². The molecule has 0 amide bonds. The van der Waals surface area contributed by atoms with Crippen LogP contribution in [-0.4, -0.2) is 35.2 Å². The van der Waals surface area contributed by atoms with E-state index in [4.69, 9.17) is 4.74 Å². The topological polar surface area (TPSA) is 97.7 Å². The summed E-state index contributed by atoms with van der Waals surface area (Å²) in [7, 11) is 0. The summed E-state index contributed by atoms with van der Waals surface area (Å²) in [6.45, 7) is 18.0. The summed E-state index contributed by atoms with van der Waals surface area (Å²) >= 11 is 0. The van der Waals surface area contributed by atoms with Crippen LogP contribution in [0.2, 0.25) is 0 Å². The summed E-state index contributed by atoms with van der Waals surface area (Å²) in [5.74, 6) is -1.63. The largest absolute Gasteiger partial charge is 0.481 e. The fraction of sp³-hybridized carbons (Fsp3) is 0.846. The molecule has 0 heterocycles. The molecule has 6 heteroatoms. The molecule has 2 unspecified atom stereocenters. The summed E-state index contributed by atoms with van der Waals surface area (Å²) < 4.78 is 6.26. The molecular weight excluding hydrogens is 564 g/mol. The molecule has 0 radical (unpaired) electrons. The molecule has 0 aliphatic heterocycles. The number of carboxylic acids is 1. The third-order valence-electron chi connectivity index (χ3n) is 14.4. The van der Waals surface area contributed by atoms with Crippen molar-refractivity contribution < 1.29 is 29.0 Å². The monoisotopic (exact) mass is 624 g/mol. The molecule has 252 valence electrons. The molecule has 5 aliphatic carbocycles. The van der Waals surface area contributed by atoms with Crippen molar-refractivity contribution in [2.24, 2.45) is 62.6 Å². The number of hydrogen-bond acceptors (Lipinski definition) is 5. The van der Waals surface area contributed by atoms with Gasteiger partial charge in [0.2, 0.25) is 0 Å². The third kappa shape index (κ3) is 5.99. The Balaban J connectivity index is 1.41. The van der Waals surface area contributed by atoms with Crippen molar-refractivity contribution in [2.45, 2.75) is 145 Å². The highest BCUT2D eigenvalue weighted by molar-refractivity contribution is 5.93. The Morgan fingerprint density at radius 2 is 1.47 bits per heavy atom. The van der Waals surface area contributed by atoms with E-state index in [1.807, 2.05) is 0 Å². The third-order valence-corrected chi connectivity index (χ3v) is 14.4. The summed E-state index contributed by atoms with van der Waals surface area (Å²) in [5, 5.41) is 9.77. The molecule has 45 heavy (non-hydrogen) atoms. The number of aliphatic carboxylic acids is 1. The van der Waals surface area contributed by atoms with E-state index >= 15 is 0 Å². The average molecular weight is 625 g/mol. The van der Waals surface area contributed by atoms with E-state index in [1.165, 1.54) is 5.57 Å². The number of fused-ring (bicyclic) bond motifs is 2. The molecule has 0 spiro atoms. The highest BCUT2D eigenvalue weighted by Gasteiger charge is 2.60. The molecule has 5 aliphatic rings. The van der Waals surface area contributed by atoms with Gasteiger partial charge in [-0.2, -0.15) is 0 Å². The van der Waals surface area contributed by atoms with Crippen molar-refractivity contribution in [1.82, 2.24) is 0 Å². The first-order valence-corrected chi connectivity index (χ1v) is 18.0. The highest BCUT2D eigenvalue weighted by atomic mass is 16.5. The first-order chi connectivity index (χ1) is 20.9. The molecule has 0 aromatic carbocycles. The molecule has 5 saturated carbocycles. The number of rotatable bonds is 6. The van der Waals surface area contributed by atoms with E-state index in [1.54, 1.807) is 0 Å². The highest BCUT2D eigenvalue weighted by Crippen LogP contribution is 2.64. The van der Waals surface area contributed by atoms with Gasteiger partial charge in [-0.15, -0.1) is 0 Å². The lowest BCUT2D eigenvalue weighted by Gasteiger charge is -2.60. The summed E-state index contributed by atoms with van der Waals surface area (Å²) in [5.41, 5.74) is 0.401. The zero-order valence-electron chi connectivity index (χ0n) is 29.4. The Bertz CT molecular complexity index is 1230. The van der Waals surface area contributed by atoms with E-state index in [0.29, 0.717) is 19.3 Å². The van der Waals surface area contributed by atoms with Gasteiger partial charge in [-0.3, -0.25) is 14.4 Å². The maximum Gasteiger partial charge on any atom is 0.310 e. The molecular formula is C39H60O6. The maximum atomic E-state index is 14.7. The Hall–Kier alpha value is -1.98. The lowest BCUT2D eigenvalue weighted by molar-refractivity contribution is -0.191. The maximum absolute atomic E-state index is 14.7. The van der Waals surface area contributed by atoms with Crippen molar-refractivity contribution in [3.05, 3.63) is 11.6 Å². The van der Waals surface area contributed by atoms with Gasteiger partial charge < -0.3 is 14.6 Å². The van der Waals surface area contributed by atoms with Crippen LogP contribution in [0.25, 0.3) is 0 Å². The van der Waals surface area contributed by atoms with Crippen LogP contribution in [0, 0.1) is 62.6 Å². The summed E-state index contributed by atoms with van der Waals surface area (Å²) in [6, 6.07) is 0. The van der Waals surface area contributed by atoms with Gasteiger partial charge in [-0.1, -0.05) is 73.8 Å². The predicted octanol–water partition coefficient (Wildman–Crippen LogP) is 8.60. The van der Waals surface area contributed by atoms with Crippen LogP contribution in [-0.2, 0) is 23.9 Å². The summed E-state index contributed by atoms with van der Waals surface area (Å²) in [6.07, 6.45) is 14.1. The lowest BCUT2D eigenvalue weighted by atomic mass is 9.45. The van der Waals surface area contributed by atoms with Gasteiger partial charge in [0.05, 0.1) is 11.8 Å². The number of ether oxygens (including phenoxy) is 1. The van der Waals surface area contributed by atoms with E-state index < -0.39 is 17.8 Å². The van der Waals surface area contributed by atoms with Gasteiger partial charge in [0.1, 0.15) is 12.4 Å².